The van der Waals surface area contributed by atoms with Crippen LogP contribution >= 0.6 is 15.9 Å². The maximum Gasteiger partial charge on any atom is 0.133 e. The Hall–Kier alpha value is -1.59. The van der Waals surface area contributed by atoms with Crippen molar-refractivity contribution in [3.05, 3.63) is 52.1 Å². The molecular formula is C15H18BrN3O. The monoisotopic (exact) mass is 335 g/mol. The van der Waals surface area contributed by atoms with E-state index < -0.39 is 0 Å². The Morgan fingerprint density at radius 1 is 1.30 bits per heavy atom. The zero-order chi connectivity index (χ0) is 14.5. The Morgan fingerprint density at radius 2 is 2.05 bits per heavy atom. The van der Waals surface area contributed by atoms with Gasteiger partial charge in [-0.25, -0.2) is 4.98 Å². The molecular weight excluding hydrogens is 318 g/mol. The van der Waals surface area contributed by atoms with Gasteiger partial charge < -0.3 is 15.4 Å². The number of hydrogen-bond donors (Lipinski definition) is 1. The van der Waals surface area contributed by atoms with Crippen molar-refractivity contribution in [2.24, 2.45) is 5.73 Å². The molecule has 0 fully saturated rings. The van der Waals surface area contributed by atoms with Gasteiger partial charge in [0.05, 0.1) is 7.11 Å². The van der Waals surface area contributed by atoms with Crippen molar-refractivity contribution in [1.82, 2.24) is 4.98 Å². The standard InChI is InChI=1S/C15H18BrN3O/c1-19(10-11-5-3-4-6-14(11)20-2)15-12(8-17)7-13(16)9-18-15/h3-7,9H,8,10,17H2,1-2H3. The second-order valence-corrected chi connectivity index (χ2v) is 5.42. The van der Waals surface area contributed by atoms with Crippen LogP contribution in [0, 0.1) is 0 Å². The Labute approximate surface area is 127 Å². The summed E-state index contributed by atoms with van der Waals surface area (Å²) in [7, 11) is 3.68. The number of pyridine rings is 1. The van der Waals surface area contributed by atoms with Gasteiger partial charge in [-0.1, -0.05) is 18.2 Å². The van der Waals surface area contributed by atoms with Crippen LogP contribution in [0.2, 0.25) is 0 Å². The lowest BCUT2D eigenvalue weighted by Crippen LogP contribution is -2.20. The molecule has 0 atom stereocenters. The fraction of sp³-hybridized carbons (Fsp3) is 0.267. The summed E-state index contributed by atoms with van der Waals surface area (Å²) < 4.78 is 6.32. The molecule has 0 saturated heterocycles. The van der Waals surface area contributed by atoms with E-state index in [1.165, 1.54) is 0 Å². The molecule has 0 bridgehead atoms. The first-order chi connectivity index (χ1) is 9.65. The smallest absolute Gasteiger partial charge is 0.133 e. The molecule has 106 valence electrons. The number of rotatable bonds is 5. The molecule has 2 rings (SSSR count). The zero-order valence-corrected chi connectivity index (χ0v) is 13.2. The lowest BCUT2D eigenvalue weighted by molar-refractivity contribution is 0.409. The van der Waals surface area contributed by atoms with Crippen LogP contribution in [0.3, 0.4) is 0 Å². The number of nitrogens with two attached hydrogens (primary N) is 1. The van der Waals surface area contributed by atoms with E-state index in [2.05, 4.69) is 31.9 Å². The molecule has 0 saturated carbocycles. The average Bonchev–Trinajstić information content (AvgIpc) is 2.47. The van der Waals surface area contributed by atoms with Crippen LogP contribution in [0.15, 0.2) is 41.0 Å². The molecule has 0 aliphatic rings. The molecule has 4 nitrogen and oxygen atoms in total. The first-order valence-electron chi connectivity index (χ1n) is 6.33. The highest BCUT2D eigenvalue weighted by molar-refractivity contribution is 9.10. The van der Waals surface area contributed by atoms with Gasteiger partial charge in [-0.3, -0.25) is 0 Å². The van der Waals surface area contributed by atoms with Crippen LogP contribution in [0.4, 0.5) is 5.82 Å². The van der Waals surface area contributed by atoms with E-state index in [0.29, 0.717) is 13.1 Å². The van der Waals surface area contributed by atoms with Gasteiger partial charge in [0.15, 0.2) is 0 Å². The van der Waals surface area contributed by atoms with E-state index in [1.807, 2.05) is 31.3 Å². The maximum absolute atomic E-state index is 5.79. The normalized spacial score (nSPS) is 10.4. The van der Waals surface area contributed by atoms with E-state index in [1.54, 1.807) is 13.3 Å². The summed E-state index contributed by atoms with van der Waals surface area (Å²) in [4.78, 5) is 6.53. The van der Waals surface area contributed by atoms with Crippen LogP contribution in [0.25, 0.3) is 0 Å². The van der Waals surface area contributed by atoms with E-state index in [0.717, 1.165) is 27.2 Å². The number of nitrogens with zero attached hydrogens (tertiary/aromatic N) is 2. The Balaban J connectivity index is 2.26. The number of para-hydroxylation sites is 1. The van der Waals surface area contributed by atoms with Gasteiger partial charge in [0, 0.05) is 41.9 Å². The summed E-state index contributed by atoms with van der Waals surface area (Å²) in [6.07, 6.45) is 1.78. The molecule has 0 spiro atoms. The summed E-state index contributed by atoms with van der Waals surface area (Å²) in [5, 5.41) is 0. The van der Waals surface area contributed by atoms with Crippen molar-refractivity contribution in [2.75, 3.05) is 19.1 Å². The van der Waals surface area contributed by atoms with Crippen molar-refractivity contribution in [1.29, 1.82) is 0 Å². The fourth-order valence-electron chi connectivity index (χ4n) is 2.13. The van der Waals surface area contributed by atoms with Crippen molar-refractivity contribution in [2.45, 2.75) is 13.1 Å². The van der Waals surface area contributed by atoms with E-state index >= 15 is 0 Å². The molecule has 2 aromatic rings. The van der Waals surface area contributed by atoms with Gasteiger partial charge in [0.2, 0.25) is 0 Å². The summed E-state index contributed by atoms with van der Waals surface area (Å²) in [5.41, 5.74) is 7.92. The van der Waals surface area contributed by atoms with Crippen LogP contribution in [0.1, 0.15) is 11.1 Å². The Kier molecular flexibility index (Phi) is 4.98. The first kappa shape index (κ1) is 14.8. The van der Waals surface area contributed by atoms with Crippen LogP contribution in [-0.4, -0.2) is 19.1 Å². The molecule has 0 unspecified atom stereocenters. The summed E-state index contributed by atoms with van der Waals surface area (Å²) in [6, 6.07) is 9.98. The van der Waals surface area contributed by atoms with Crippen molar-refractivity contribution in [3.8, 4) is 5.75 Å². The van der Waals surface area contributed by atoms with Crippen LogP contribution in [0.5, 0.6) is 5.75 Å². The molecule has 20 heavy (non-hydrogen) atoms. The number of aromatic nitrogens is 1. The largest absolute Gasteiger partial charge is 0.496 e. The minimum atomic E-state index is 0.456. The summed E-state index contributed by atoms with van der Waals surface area (Å²) >= 11 is 3.42. The average molecular weight is 336 g/mol. The third kappa shape index (κ3) is 3.29. The first-order valence-corrected chi connectivity index (χ1v) is 7.12. The minimum Gasteiger partial charge on any atom is -0.496 e. The number of ether oxygens (including phenoxy) is 1. The lowest BCUT2D eigenvalue weighted by Gasteiger charge is -2.22. The van der Waals surface area contributed by atoms with Gasteiger partial charge in [-0.2, -0.15) is 0 Å². The third-order valence-corrected chi connectivity index (χ3v) is 3.52. The molecule has 0 aliphatic heterocycles. The molecule has 1 heterocycles. The Morgan fingerprint density at radius 3 is 2.75 bits per heavy atom. The Bertz CT molecular complexity index is 589. The highest BCUT2D eigenvalue weighted by Crippen LogP contribution is 2.24. The number of benzene rings is 1. The minimum absolute atomic E-state index is 0.456. The van der Waals surface area contributed by atoms with Crippen molar-refractivity contribution >= 4 is 21.7 Å². The van der Waals surface area contributed by atoms with Gasteiger partial charge >= 0.3 is 0 Å². The van der Waals surface area contributed by atoms with Crippen LogP contribution < -0.4 is 15.4 Å². The SMILES string of the molecule is COc1ccccc1CN(C)c1ncc(Br)cc1CN. The highest BCUT2D eigenvalue weighted by atomic mass is 79.9. The molecule has 5 heteroatoms. The molecule has 1 aromatic carbocycles. The number of anilines is 1. The van der Waals surface area contributed by atoms with Gasteiger partial charge in [0.25, 0.3) is 0 Å². The predicted molar refractivity (Wildman–Crippen MR) is 84.9 cm³/mol. The number of hydrogen-bond acceptors (Lipinski definition) is 4. The lowest BCUT2D eigenvalue weighted by atomic mass is 10.1. The van der Waals surface area contributed by atoms with E-state index in [-0.39, 0.29) is 0 Å². The number of methoxy groups -OCH3 is 1. The topological polar surface area (TPSA) is 51.4 Å². The summed E-state index contributed by atoms with van der Waals surface area (Å²) in [5.74, 6) is 1.77. The quantitative estimate of drug-likeness (QED) is 0.912. The second-order valence-electron chi connectivity index (χ2n) is 4.51. The molecule has 0 radical (unpaired) electrons. The number of halogens is 1. The molecule has 0 aliphatic carbocycles. The maximum atomic E-state index is 5.79. The van der Waals surface area contributed by atoms with E-state index in [4.69, 9.17) is 10.5 Å². The van der Waals surface area contributed by atoms with Crippen molar-refractivity contribution in [3.63, 3.8) is 0 Å². The second kappa shape index (κ2) is 6.72. The van der Waals surface area contributed by atoms with Crippen LogP contribution in [-0.2, 0) is 13.1 Å². The molecule has 1 aromatic heterocycles. The van der Waals surface area contributed by atoms with Gasteiger partial charge in [-0.05, 0) is 28.1 Å². The third-order valence-electron chi connectivity index (χ3n) is 3.09. The predicted octanol–water partition coefficient (Wildman–Crippen LogP) is 2.95. The van der Waals surface area contributed by atoms with Crippen molar-refractivity contribution < 1.29 is 4.74 Å². The van der Waals surface area contributed by atoms with E-state index in [9.17, 15) is 0 Å². The van der Waals surface area contributed by atoms with Gasteiger partial charge in [-0.15, -0.1) is 0 Å². The fourth-order valence-corrected chi connectivity index (χ4v) is 2.51. The zero-order valence-electron chi connectivity index (χ0n) is 11.6. The molecule has 2 N–H and O–H groups in total. The van der Waals surface area contributed by atoms with Gasteiger partial charge in [0.1, 0.15) is 11.6 Å². The molecule has 0 amide bonds. The highest BCUT2D eigenvalue weighted by Gasteiger charge is 2.11. The summed E-state index contributed by atoms with van der Waals surface area (Å²) in [6.45, 7) is 1.17.